The molecule has 0 saturated carbocycles. The number of pyridine rings is 1. The number of halogens is 2. The van der Waals surface area contributed by atoms with Gasteiger partial charge in [0, 0.05) is 17.6 Å². The van der Waals surface area contributed by atoms with Gasteiger partial charge in [0.25, 0.3) is 0 Å². The van der Waals surface area contributed by atoms with Gasteiger partial charge in [-0.1, -0.05) is 29.3 Å². The third kappa shape index (κ3) is 5.73. The van der Waals surface area contributed by atoms with Crippen LogP contribution in [0.4, 0.5) is 0 Å². The van der Waals surface area contributed by atoms with Gasteiger partial charge in [0.05, 0.1) is 23.4 Å². The Bertz CT molecular complexity index is 650. The van der Waals surface area contributed by atoms with E-state index >= 15 is 0 Å². The molecule has 2 aromatic rings. The molecule has 0 radical (unpaired) electrons. The van der Waals surface area contributed by atoms with Crippen molar-refractivity contribution in [2.24, 2.45) is 0 Å². The average molecular weight is 353 g/mol. The largest absolute Gasteiger partial charge is 0.492 e. The van der Waals surface area contributed by atoms with Crippen LogP contribution in [-0.4, -0.2) is 17.5 Å². The molecule has 1 unspecified atom stereocenters. The molecular weight excluding hydrogens is 335 g/mol. The van der Waals surface area contributed by atoms with E-state index in [-0.39, 0.29) is 11.9 Å². The number of ether oxygens (including phenoxy) is 1. The van der Waals surface area contributed by atoms with E-state index in [0.717, 1.165) is 5.69 Å². The molecule has 1 N–H and O–H groups in total. The summed E-state index contributed by atoms with van der Waals surface area (Å²) in [6.07, 6.45) is 2.68. The Kier molecular flexibility index (Phi) is 6.68. The minimum Gasteiger partial charge on any atom is -0.492 e. The van der Waals surface area contributed by atoms with Crippen LogP contribution in [0.15, 0.2) is 42.6 Å². The molecule has 122 valence electrons. The van der Waals surface area contributed by atoms with Crippen LogP contribution >= 0.6 is 23.2 Å². The van der Waals surface area contributed by atoms with E-state index in [1.54, 1.807) is 24.4 Å². The maximum atomic E-state index is 11.9. The van der Waals surface area contributed by atoms with Crippen LogP contribution in [0.2, 0.25) is 10.0 Å². The topological polar surface area (TPSA) is 51.2 Å². The summed E-state index contributed by atoms with van der Waals surface area (Å²) in [6, 6.07) is 10.6. The zero-order valence-electron chi connectivity index (χ0n) is 12.8. The van der Waals surface area contributed by atoms with Crippen LogP contribution in [0.25, 0.3) is 0 Å². The summed E-state index contributed by atoms with van der Waals surface area (Å²) in [5.74, 6) is 0.535. The number of aromatic nitrogens is 1. The Morgan fingerprint density at radius 1 is 1.30 bits per heavy atom. The molecule has 2 rings (SSSR count). The Balaban J connectivity index is 1.70. The molecule has 1 atom stereocenters. The van der Waals surface area contributed by atoms with Crippen molar-refractivity contribution in [1.82, 2.24) is 10.3 Å². The lowest BCUT2D eigenvalue weighted by Crippen LogP contribution is -2.27. The van der Waals surface area contributed by atoms with E-state index in [2.05, 4.69) is 10.3 Å². The second-order valence-corrected chi connectivity index (χ2v) is 5.91. The van der Waals surface area contributed by atoms with Crippen LogP contribution < -0.4 is 10.1 Å². The zero-order valence-corrected chi connectivity index (χ0v) is 14.3. The van der Waals surface area contributed by atoms with Crippen LogP contribution in [0.1, 0.15) is 31.5 Å². The second-order valence-electron chi connectivity index (χ2n) is 5.07. The number of hydrogen-bond donors (Lipinski definition) is 1. The number of nitrogens with zero attached hydrogens (tertiary/aromatic N) is 1. The fraction of sp³-hybridized carbons (Fsp3) is 0.294. The number of amides is 1. The van der Waals surface area contributed by atoms with Gasteiger partial charge in [-0.2, -0.15) is 0 Å². The number of rotatable bonds is 7. The van der Waals surface area contributed by atoms with Crippen molar-refractivity contribution in [3.05, 3.63) is 58.3 Å². The van der Waals surface area contributed by atoms with E-state index in [4.69, 9.17) is 27.9 Å². The monoisotopic (exact) mass is 352 g/mol. The number of benzene rings is 1. The molecule has 6 heteroatoms. The van der Waals surface area contributed by atoms with Crippen molar-refractivity contribution in [2.75, 3.05) is 6.61 Å². The molecule has 1 heterocycles. The van der Waals surface area contributed by atoms with Gasteiger partial charge >= 0.3 is 0 Å². The van der Waals surface area contributed by atoms with Crippen molar-refractivity contribution in [1.29, 1.82) is 0 Å². The normalized spacial score (nSPS) is 11.8. The van der Waals surface area contributed by atoms with E-state index in [0.29, 0.717) is 35.2 Å². The fourth-order valence-electron chi connectivity index (χ4n) is 2.03. The van der Waals surface area contributed by atoms with E-state index in [1.165, 1.54) is 0 Å². The molecule has 1 amide bonds. The van der Waals surface area contributed by atoms with Gasteiger partial charge < -0.3 is 10.1 Å². The Hall–Kier alpha value is -1.78. The summed E-state index contributed by atoms with van der Waals surface area (Å²) in [6.45, 7) is 2.32. The summed E-state index contributed by atoms with van der Waals surface area (Å²) >= 11 is 11.8. The SMILES string of the molecule is CC(NC(=O)CCCOc1ccc(Cl)cc1Cl)c1ccccn1. The van der Waals surface area contributed by atoms with Crippen molar-refractivity contribution in [3.63, 3.8) is 0 Å². The van der Waals surface area contributed by atoms with Gasteiger partial charge in [0.2, 0.25) is 5.91 Å². The minimum atomic E-state index is -0.115. The lowest BCUT2D eigenvalue weighted by molar-refractivity contribution is -0.122. The molecular formula is C17H18Cl2N2O2. The summed E-state index contributed by atoms with van der Waals surface area (Å²) in [5.41, 5.74) is 0.838. The molecule has 0 saturated heterocycles. The molecule has 0 spiro atoms. The maximum absolute atomic E-state index is 11.9. The number of hydrogen-bond acceptors (Lipinski definition) is 3. The lowest BCUT2D eigenvalue weighted by atomic mass is 10.2. The minimum absolute atomic E-state index is 0.0334. The van der Waals surface area contributed by atoms with Crippen LogP contribution in [-0.2, 0) is 4.79 Å². The number of carbonyl (C=O) groups is 1. The highest BCUT2D eigenvalue weighted by molar-refractivity contribution is 6.35. The van der Waals surface area contributed by atoms with Gasteiger partial charge in [-0.05, 0) is 43.7 Å². The van der Waals surface area contributed by atoms with Crippen LogP contribution in [0.3, 0.4) is 0 Å². The maximum Gasteiger partial charge on any atom is 0.220 e. The van der Waals surface area contributed by atoms with Gasteiger partial charge in [0.1, 0.15) is 5.75 Å². The molecule has 0 bridgehead atoms. The van der Waals surface area contributed by atoms with Crippen molar-refractivity contribution in [3.8, 4) is 5.75 Å². The van der Waals surface area contributed by atoms with E-state index in [1.807, 2.05) is 25.1 Å². The van der Waals surface area contributed by atoms with E-state index < -0.39 is 0 Å². The first-order valence-electron chi connectivity index (χ1n) is 7.34. The zero-order chi connectivity index (χ0) is 16.7. The molecule has 0 fully saturated rings. The average Bonchev–Trinajstić information content (AvgIpc) is 2.54. The smallest absolute Gasteiger partial charge is 0.220 e. The van der Waals surface area contributed by atoms with Crippen molar-refractivity contribution in [2.45, 2.75) is 25.8 Å². The quantitative estimate of drug-likeness (QED) is 0.750. The first-order valence-corrected chi connectivity index (χ1v) is 8.10. The molecule has 0 aliphatic carbocycles. The molecule has 4 nitrogen and oxygen atoms in total. The number of carbonyl (C=O) groups excluding carboxylic acids is 1. The molecule has 23 heavy (non-hydrogen) atoms. The highest BCUT2D eigenvalue weighted by Crippen LogP contribution is 2.27. The van der Waals surface area contributed by atoms with E-state index in [9.17, 15) is 4.79 Å². The Labute approximate surface area is 145 Å². The van der Waals surface area contributed by atoms with Gasteiger partial charge in [-0.25, -0.2) is 0 Å². The predicted octanol–water partition coefficient (Wildman–Crippen LogP) is 4.42. The van der Waals surface area contributed by atoms with Crippen LogP contribution in [0, 0.1) is 0 Å². The summed E-state index contributed by atoms with van der Waals surface area (Å²) < 4.78 is 5.55. The first-order chi connectivity index (χ1) is 11.1. The highest BCUT2D eigenvalue weighted by Gasteiger charge is 2.10. The standard InChI is InChI=1S/C17H18Cl2N2O2/c1-12(15-5-2-3-9-20-15)21-17(22)6-4-10-23-16-8-7-13(18)11-14(16)19/h2-3,5,7-9,11-12H,4,6,10H2,1H3,(H,21,22). The molecule has 1 aromatic carbocycles. The van der Waals surface area contributed by atoms with Crippen molar-refractivity contribution < 1.29 is 9.53 Å². The third-order valence-electron chi connectivity index (χ3n) is 3.21. The Morgan fingerprint density at radius 3 is 2.83 bits per heavy atom. The van der Waals surface area contributed by atoms with Crippen LogP contribution in [0.5, 0.6) is 5.75 Å². The second kappa shape index (κ2) is 8.75. The highest BCUT2D eigenvalue weighted by atomic mass is 35.5. The molecule has 1 aromatic heterocycles. The van der Waals surface area contributed by atoms with Gasteiger partial charge in [-0.15, -0.1) is 0 Å². The summed E-state index contributed by atoms with van der Waals surface area (Å²) in [7, 11) is 0. The molecule has 0 aliphatic rings. The summed E-state index contributed by atoms with van der Waals surface area (Å²) in [5, 5.41) is 3.94. The lowest BCUT2D eigenvalue weighted by Gasteiger charge is -2.13. The number of nitrogens with one attached hydrogen (secondary N) is 1. The third-order valence-corrected chi connectivity index (χ3v) is 3.74. The van der Waals surface area contributed by atoms with Gasteiger partial charge in [0.15, 0.2) is 0 Å². The first kappa shape index (κ1) is 17.6. The van der Waals surface area contributed by atoms with Gasteiger partial charge in [-0.3, -0.25) is 9.78 Å². The molecule has 0 aliphatic heterocycles. The predicted molar refractivity (Wildman–Crippen MR) is 92.0 cm³/mol. The van der Waals surface area contributed by atoms with Crippen molar-refractivity contribution >= 4 is 29.1 Å². The Morgan fingerprint density at radius 2 is 2.13 bits per heavy atom. The summed E-state index contributed by atoms with van der Waals surface area (Å²) in [4.78, 5) is 16.1. The fourth-order valence-corrected chi connectivity index (χ4v) is 2.49.